The van der Waals surface area contributed by atoms with E-state index in [0.717, 1.165) is 34.7 Å². The van der Waals surface area contributed by atoms with Crippen molar-refractivity contribution in [2.75, 3.05) is 39.4 Å². The van der Waals surface area contributed by atoms with Gasteiger partial charge in [0, 0.05) is 52.1 Å². The molecule has 2 aliphatic heterocycles. The summed E-state index contributed by atoms with van der Waals surface area (Å²) in [6.07, 6.45) is -0.0219. The summed E-state index contributed by atoms with van der Waals surface area (Å²) in [6, 6.07) is 18.8. The lowest BCUT2D eigenvalue weighted by Gasteiger charge is -2.23. The second kappa shape index (κ2) is 16.3. The Bertz CT molecular complexity index is 1330. The van der Waals surface area contributed by atoms with Crippen molar-refractivity contribution in [3.8, 4) is 0 Å². The molecule has 232 valence electrons. The monoisotopic (exact) mass is 672 g/mol. The molecule has 10 nitrogen and oxygen atoms in total. The van der Waals surface area contributed by atoms with Crippen molar-refractivity contribution >= 4 is 80.2 Å². The van der Waals surface area contributed by atoms with E-state index in [4.69, 9.17) is 24.4 Å². The van der Waals surface area contributed by atoms with E-state index in [1.165, 1.54) is 19.6 Å². The zero-order valence-corrected chi connectivity index (χ0v) is 27.1. The fourth-order valence-corrected chi connectivity index (χ4v) is 7.39. The minimum atomic E-state index is -0.474. The smallest absolute Gasteiger partial charge is 0.267 e. The summed E-state index contributed by atoms with van der Waals surface area (Å²) in [6.45, 7) is 0.629. The maximum absolute atomic E-state index is 13.3. The zero-order valence-electron chi connectivity index (χ0n) is 23.8. The quantitative estimate of drug-likeness (QED) is 0.229. The fraction of sp³-hybridized carbons (Fsp3) is 0.333. The Labute approximate surface area is 275 Å². The largest absolute Gasteiger partial charge is 0.395 e. The molecular weight excluding hydrogens is 641 g/mol. The van der Waals surface area contributed by atoms with Crippen LogP contribution in [-0.2, 0) is 32.3 Å². The molecule has 2 N–H and O–H groups in total. The number of benzene rings is 2. The lowest BCUT2D eigenvalue weighted by atomic mass is 10.2. The van der Waals surface area contributed by atoms with Crippen LogP contribution in [0.2, 0.25) is 0 Å². The number of aliphatic hydroxyl groups excluding tert-OH is 2. The van der Waals surface area contributed by atoms with E-state index >= 15 is 0 Å². The summed E-state index contributed by atoms with van der Waals surface area (Å²) in [4.78, 5) is 58.6. The van der Waals surface area contributed by atoms with E-state index in [0.29, 0.717) is 13.1 Å². The number of nitrogens with zero attached hydrogens (tertiary/aromatic N) is 4. The van der Waals surface area contributed by atoms with Crippen molar-refractivity contribution in [1.29, 1.82) is 0 Å². The van der Waals surface area contributed by atoms with E-state index in [1.54, 1.807) is 0 Å². The van der Waals surface area contributed by atoms with Crippen molar-refractivity contribution in [2.45, 2.75) is 25.9 Å². The summed E-state index contributed by atoms with van der Waals surface area (Å²) >= 11 is 12.8. The van der Waals surface area contributed by atoms with Gasteiger partial charge in [0.2, 0.25) is 11.8 Å². The highest BCUT2D eigenvalue weighted by Crippen LogP contribution is 2.42. The van der Waals surface area contributed by atoms with Crippen molar-refractivity contribution in [2.24, 2.45) is 0 Å². The first-order chi connectivity index (χ1) is 21.2. The van der Waals surface area contributed by atoms with Gasteiger partial charge in [-0.3, -0.25) is 29.0 Å². The van der Waals surface area contributed by atoms with E-state index < -0.39 is 11.8 Å². The van der Waals surface area contributed by atoms with Gasteiger partial charge >= 0.3 is 0 Å². The van der Waals surface area contributed by atoms with Crippen LogP contribution in [0.5, 0.6) is 0 Å². The molecule has 0 radical (unpaired) electrons. The van der Waals surface area contributed by atoms with Crippen molar-refractivity contribution in [3.63, 3.8) is 0 Å². The molecule has 0 saturated carbocycles. The number of carbonyl (C=O) groups excluding carboxylic acids is 4. The maximum Gasteiger partial charge on any atom is 0.267 e. The lowest BCUT2D eigenvalue weighted by molar-refractivity contribution is -0.134. The number of hydrogen-bond acceptors (Lipinski definition) is 10. The van der Waals surface area contributed by atoms with E-state index in [2.05, 4.69) is 0 Å². The molecule has 14 heteroatoms. The van der Waals surface area contributed by atoms with Crippen LogP contribution in [0.15, 0.2) is 70.5 Å². The van der Waals surface area contributed by atoms with Gasteiger partial charge in [0.05, 0.1) is 23.0 Å². The summed E-state index contributed by atoms with van der Waals surface area (Å²) in [5.74, 6) is -1.43. The molecule has 2 aromatic carbocycles. The van der Waals surface area contributed by atoms with Crippen LogP contribution < -0.4 is 0 Å². The van der Waals surface area contributed by atoms with Crippen LogP contribution in [-0.4, -0.2) is 101 Å². The normalized spacial score (nSPS) is 16.7. The molecular formula is C30H32N4O6S4. The van der Waals surface area contributed by atoms with Crippen LogP contribution in [0.3, 0.4) is 0 Å². The Morgan fingerprint density at radius 1 is 0.659 bits per heavy atom. The maximum atomic E-state index is 13.3. The number of hydrogen-bond donors (Lipinski definition) is 2. The minimum absolute atomic E-state index is 0.0110. The molecule has 2 saturated heterocycles. The number of aliphatic hydroxyl groups is 2. The third-order valence-corrected chi connectivity index (χ3v) is 9.91. The van der Waals surface area contributed by atoms with Gasteiger partial charge in [-0.2, -0.15) is 0 Å². The number of carbonyl (C=O) groups is 4. The van der Waals surface area contributed by atoms with Gasteiger partial charge in [-0.05, 0) is 11.1 Å². The zero-order chi connectivity index (χ0) is 31.6. The van der Waals surface area contributed by atoms with E-state index in [-0.39, 0.29) is 82.5 Å². The highest BCUT2D eigenvalue weighted by Gasteiger charge is 2.42. The predicted molar refractivity (Wildman–Crippen MR) is 178 cm³/mol. The number of rotatable bonds is 14. The fourth-order valence-electron chi connectivity index (χ4n) is 4.62. The average molecular weight is 673 g/mol. The van der Waals surface area contributed by atoms with Crippen LogP contribution in [0.1, 0.15) is 24.0 Å². The van der Waals surface area contributed by atoms with Gasteiger partial charge in [-0.25, -0.2) is 0 Å². The molecule has 2 aliphatic rings. The first-order valence-corrected chi connectivity index (χ1v) is 16.3. The minimum Gasteiger partial charge on any atom is -0.395 e. The second-order valence-electron chi connectivity index (χ2n) is 9.86. The topological polar surface area (TPSA) is 122 Å². The first kappa shape index (κ1) is 33.7. The Kier molecular flexibility index (Phi) is 12.5. The molecule has 0 bridgehead atoms. The average Bonchev–Trinajstić information content (AvgIpc) is 3.47. The van der Waals surface area contributed by atoms with Gasteiger partial charge in [-0.1, -0.05) is 109 Å². The van der Waals surface area contributed by atoms with Crippen molar-refractivity contribution in [1.82, 2.24) is 19.6 Å². The van der Waals surface area contributed by atoms with Crippen LogP contribution in [0.4, 0.5) is 0 Å². The molecule has 2 fully saturated rings. The molecule has 4 amide bonds. The number of thioether (sulfide) groups is 2. The first-order valence-electron chi connectivity index (χ1n) is 13.9. The molecule has 2 heterocycles. The Balaban J connectivity index is 1.36. The number of amides is 4. The highest BCUT2D eigenvalue weighted by molar-refractivity contribution is 8.29. The molecule has 0 aliphatic carbocycles. The van der Waals surface area contributed by atoms with Crippen LogP contribution in [0.25, 0.3) is 0 Å². The van der Waals surface area contributed by atoms with E-state index in [9.17, 15) is 29.4 Å². The molecule has 4 rings (SSSR count). The Morgan fingerprint density at radius 3 is 1.36 bits per heavy atom. The van der Waals surface area contributed by atoms with Gasteiger partial charge in [0.15, 0.2) is 0 Å². The van der Waals surface area contributed by atoms with Crippen LogP contribution in [0, 0.1) is 0 Å². The van der Waals surface area contributed by atoms with Gasteiger partial charge in [0.1, 0.15) is 8.64 Å². The Hall–Kier alpha value is -3.14. The standard InChI is InChI=1S/C30H32N4O6S4/c35-17-15-31(19-21-7-3-1-4-8-21)23(37)11-13-33-27(39)25(43-29(33)41)26-28(40)34(30(42)44-26)14-12-24(38)32(16-18-36)20-22-9-5-2-6-10-22/h1-10,35-36H,11-20H2/b26-25+. The van der Waals surface area contributed by atoms with Gasteiger partial charge < -0.3 is 20.0 Å². The van der Waals surface area contributed by atoms with Gasteiger partial charge in [-0.15, -0.1) is 0 Å². The SMILES string of the molecule is O=C(CCN1C(=O)/C(=C2\SC(=S)N(CCC(=O)N(CCO)Cc3ccccc3)C2=O)SC1=S)N(CCO)Cc1ccccc1. The molecule has 0 aromatic heterocycles. The molecule has 44 heavy (non-hydrogen) atoms. The van der Waals surface area contributed by atoms with Gasteiger partial charge in [0.25, 0.3) is 11.8 Å². The second-order valence-corrected chi connectivity index (χ2v) is 13.1. The van der Waals surface area contributed by atoms with Crippen molar-refractivity contribution < 1.29 is 29.4 Å². The third kappa shape index (κ3) is 8.52. The summed E-state index contributed by atoms with van der Waals surface area (Å²) in [5.41, 5.74) is 1.84. The predicted octanol–water partition coefficient (Wildman–Crippen LogP) is 2.74. The summed E-state index contributed by atoms with van der Waals surface area (Å²) in [7, 11) is 0. The van der Waals surface area contributed by atoms with E-state index in [1.807, 2.05) is 60.7 Å². The summed E-state index contributed by atoms with van der Waals surface area (Å²) < 4.78 is 0.464. The number of thiocarbonyl (C=S) groups is 2. The lowest BCUT2D eigenvalue weighted by Crippen LogP contribution is -2.37. The summed E-state index contributed by atoms with van der Waals surface area (Å²) in [5, 5.41) is 18.9. The molecule has 0 atom stereocenters. The third-order valence-electron chi connectivity index (χ3n) is 6.88. The molecule has 0 unspecified atom stereocenters. The van der Waals surface area contributed by atoms with Crippen molar-refractivity contribution in [3.05, 3.63) is 81.6 Å². The van der Waals surface area contributed by atoms with Crippen LogP contribution >= 0.6 is 48.0 Å². The molecule has 0 spiro atoms. The highest BCUT2D eigenvalue weighted by atomic mass is 32.2. The molecule has 2 aromatic rings. The Morgan fingerprint density at radius 2 is 1.02 bits per heavy atom.